The molecule has 0 radical (unpaired) electrons. The first-order valence-corrected chi connectivity index (χ1v) is 11.1. The maximum atomic E-state index is 13.4. The molecule has 0 aromatic heterocycles. The van der Waals surface area contributed by atoms with Crippen molar-refractivity contribution >= 4 is 23.8 Å². The summed E-state index contributed by atoms with van der Waals surface area (Å²) >= 11 is 0. The lowest BCUT2D eigenvalue weighted by molar-refractivity contribution is -0.461. The Hall–Kier alpha value is -2.84. The van der Waals surface area contributed by atoms with Gasteiger partial charge in [-0.1, -0.05) is 24.9 Å². The zero-order chi connectivity index (χ0) is 22.9. The van der Waals surface area contributed by atoms with E-state index in [-0.39, 0.29) is 30.5 Å². The van der Waals surface area contributed by atoms with Crippen molar-refractivity contribution in [1.82, 2.24) is 5.32 Å². The van der Waals surface area contributed by atoms with E-state index < -0.39 is 11.9 Å². The van der Waals surface area contributed by atoms with E-state index in [9.17, 15) is 9.59 Å². The van der Waals surface area contributed by atoms with Crippen LogP contribution in [0.1, 0.15) is 33.6 Å². The second-order valence-corrected chi connectivity index (χ2v) is 9.13. The van der Waals surface area contributed by atoms with Crippen LogP contribution in [0, 0.1) is 11.3 Å². The van der Waals surface area contributed by atoms with Crippen LogP contribution in [-0.4, -0.2) is 60.8 Å². The number of hydrogen-bond donors (Lipinski definition) is 2. The molecule has 170 valence electrons. The average Bonchev–Trinajstić information content (AvgIpc) is 3.16. The fourth-order valence-electron chi connectivity index (χ4n) is 4.79. The topological polar surface area (TPSA) is 106 Å². The normalized spacial score (nSPS) is 25.8. The van der Waals surface area contributed by atoms with E-state index in [2.05, 4.69) is 24.2 Å². The van der Waals surface area contributed by atoms with Crippen molar-refractivity contribution < 1.29 is 23.6 Å². The van der Waals surface area contributed by atoms with Crippen molar-refractivity contribution in [1.29, 1.82) is 0 Å². The first-order chi connectivity index (χ1) is 15.4. The van der Waals surface area contributed by atoms with E-state index in [4.69, 9.17) is 15.2 Å². The minimum Gasteiger partial charge on any atom is -0.463 e. The fraction of sp³-hybridized carbons (Fsp3) is 0.500. The number of dihydropyridines is 1. The van der Waals surface area contributed by atoms with Gasteiger partial charge in [0.15, 0.2) is 17.5 Å². The van der Waals surface area contributed by atoms with Gasteiger partial charge in [-0.3, -0.25) is 4.79 Å². The molecular formula is C24H31N4O4+. The van der Waals surface area contributed by atoms with Gasteiger partial charge in [0.1, 0.15) is 0 Å². The van der Waals surface area contributed by atoms with E-state index in [0.29, 0.717) is 42.8 Å². The van der Waals surface area contributed by atoms with Crippen LogP contribution >= 0.6 is 0 Å². The molecule has 8 heteroatoms. The molecule has 0 amide bonds. The molecule has 2 unspecified atom stereocenters. The van der Waals surface area contributed by atoms with Gasteiger partial charge < -0.3 is 20.5 Å². The minimum atomic E-state index is -0.590. The summed E-state index contributed by atoms with van der Waals surface area (Å²) in [6.45, 7) is 7.08. The Balaban J connectivity index is 1.84. The largest absolute Gasteiger partial charge is 0.463 e. The Labute approximate surface area is 188 Å². The number of ketones is 1. The number of carbonyl (C=O) groups is 2. The van der Waals surface area contributed by atoms with Crippen LogP contribution in [0.2, 0.25) is 0 Å². The molecule has 0 aromatic carbocycles. The first kappa shape index (κ1) is 22.4. The number of nitrogens with one attached hydrogen (secondary N) is 1. The molecular weight excluding hydrogens is 408 g/mol. The van der Waals surface area contributed by atoms with Crippen LogP contribution in [0.25, 0.3) is 0 Å². The number of Topliss-reactive ketones (excluding diaryl/α,β-unsaturated/α-hetero) is 1. The Kier molecular flexibility index (Phi) is 6.26. The summed E-state index contributed by atoms with van der Waals surface area (Å²) in [7, 11) is 0. The van der Waals surface area contributed by atoms with E-state index >= 15 is 0 Å². The zero-order valence-electron chi connectivity index (χ0n) is 18.9. The molecule has 0 aromatic rings. The van der Waals surface area contributed by atoms with Crippen molar-refractivity contribution in [2.75, 3.05) is 26.4 Å². The molecule has 1 aliphatic carbocycles. The van der Waals surface area contributed by atoms with Crippen LogP contribution in [0.15, 0.2) is 52.0 Å². The average molecular weight is 440 g/mol. The molecule has 8 nitrogen and oxygen atoms in total. The SMILES string of the molecule is CCOC(=O)C1=C(COCCN)NC2=C(C(=O)CC(C)(C)C2)C1C1=NC=[N+]2C=CC=CC12. The van der Waals surface area contributed by atoms with Crippen LogP contribution in [-0.2, 0) is 19.1 Å². The molecule has 4 aliphatic rings. The van der Waals surface area contributed by atoms with Crippen LogP contribution in [0.4, 0.5) is 0 Å². The summed E-state index contributed by atoms with van der Waals surface area (Å²) in [6, 6.07) is -0.157. The molecule has 0 saturated heterocycles. The second-order valence-electron chi connectivity index (χ2n) is 9.13. The van der Waals surface area contributed by atoms with Crippen molar-refractivity contribution in [2.45, 2.75) is 39.7 Å². The predicted octanol–water partition coefficient (Wildman–Crippen LogP) is 1.59. The summed E-state index contributed by atoms with van der Waals surface area (Å²) in [5.74, 6) is -1.02. The standard InChI is InChI=1S/C24H30N4O4/c1-4-32-23(30)20-16(13-31-10-8-25)27-15-11-24(2,3)12-18(29)19(15)21(20)22-17-7-5-6-9-28(17)14-26-22/h5-7,9,14,17,21H,4,8,10-13,25H2,1-3H3/p+1. The van der Waals surface area contributed by atoms with Gasteiger partial charge in [-0.15, -0.1) is 0 Å². The van der Waals surface area contributed by atoms with Gasteiger partial charge in [0, 0.05) is 24.2 Å². The number of rotatable bonds is 7. The summed E-state index contributed by atoms with van der Waals surface area (Å²) in [6.07, 6.45) is 10.7. The highest BCUT2D eigenvalue weighted by molar-refractivity contribution is 6.14. The number of hydrogen-bond acceptors (Lipinski definition) is 7. The van der Waals surface area contributed by atoms with Crippen molar-refractivity contribution in [2.24, 2.45) is 22.1 Å². The van der Waals surface area contributed by atoms with Gasteiger partial charge >= 0.3 is 5.97 Å². The van der Waals surface area contributed by atoms with E-state index in [1.54, 1.807) is 13.3 Å². The van der Waals surface area contributed by atoms with Gasteiger partial charge in [-0.2, -0.15) is 0 Å². The number of nitrogens with two attached hydrogens (primary N) is 1. The smallest absolute Gasteiger partial charge is 0.336 e. The van der Waals surface area contributed by atoms with Crippen LogP contribution in [0.5, 0.6) is 0 Å². The third kappa shape index (κ3) is 4.12. The molecule has 0 fully saturated rings. The Morgan fingerprint density at radius 3 is 2.91 bits per heavy atom. The number of aliphatic imine (C=N–C) groups is 1. The maximum absolute atomic E-state index is 13.4. The summed E-state index contributed by atoms with van der Waals surface area (Å²) in [4.78, 5) is 31.4. The van der Waals surface area contributed by atoms with Crippen molar-refractivity contribution in [3.05, 3.63) is 47.0 Å². The predicted molar refractivity (Wildman–Crippen MR) is 121 cm³/mol. The van der Waals surface area contributed by atoms with Crippen molar-refractivity contribution in [3.63, 3.8) is 0 Å². The molecule has 2 atom stereocenters. The quantitative estimate of drug-likeness (QED) is 0.355. The summed E-state index contributed by atoms with van der Waals surface area (Å²) in [5.41, 5.74) is 8.63. The third-order valence-corrected chi connectivity index (χ3v) is 6.05. The first-order valence-electron chi connectivity index (χ1n) is 11.1. The number of esters is 1. The molecule has 0 bridgehead atoms. The Morgan fingerprint density at radius 1 is 1.34 bits per heavy atom. The van der Waals surface area contributed by atoms with Crippen LogP contribution < -0.4 is 11.1 Å². The lowest BCUT2D eigenvalue weighted by atomic mass is 9.68. The Morgan fingerprint density at radius 2 is 2.16 bits per heavy atom. The summed E-state index contributed by atoms with van der Waals surface area (Å²) < 4.78 is 13.1. The van der Waals surface area contributed by atoms with Crippen molar-refractivity contribution in [3.8, 4) is 0 Å². The molecule has 3 aliphatic heterocycles. The van der Waals surface area contributed by atoms with Gasteiger partial charge in [0.25, 0.3) is 6.34 Å². The van der Waals surface area contributed by atoms with Crippen LogP contribution in [0.3, 0.4) is 0 Å². The summed E-state index contributed by atoms with van der Waals surface area (Å²) in [5, 5.41) is 3.38. The van der Waals surface area contributed by atoms with E-state index in [1.165, 1.54) is 0 Å². The highest BCUT2D eigenvalue weighted by Crippen LogP contribution is 2.44. The van der Waals surface area contributed by atoms with Gasteiger partial charge in [0.2, 0.25) is 0 Å². The maximum Gasteiger partial charge on any atom is 0.336 e. The highest BCUT2D eigenvalue weighted by Gasteiger charge is 2.50. The fourth-order valence-corrected chi connectivity index (χ4v) is 4.79. The number of ether oxygens (including phenoxy) is 2. The van der Waals surface area contributed by atoms with E-state index in [1.807, 2.05) is 29.0 Å². The monoisotopic (exact) mass is 439 g/mol. The molecule has 3 heterocycles. The van der Waals surface area contributed by atoms with E-state index in [0.717, 1.165) is 11.4 Å². The molecule has 0 spiro atoms. The lowest BCUT2D eigenvalue weighted by Crippen LogP contribution is -2.46. The van der Waals surface area contributed by atoms with Gasteiger partial charge in [-0.05, 0) is 30.9 Å². The zero-order valence-corrected chi connectivity index (χ0v) is 18.9. The minimum absolute atomic E-state index is 0.0361. The molecule has 32 heavy (non-hydrogen) atoms. The highest BCUT2D eigenvalue weighted by atomic mass is 16.5. The van der Waals surface area contributed by atoms with Gasteiger partial charge in [-0.25, -0.2) is 9.37 Å². The number of fused-ring (bicyclic) bond motifs is 1. The second kappa shape index (κ2) is 8.96. The number of carbonyl (C=O) groups excluding carboxylic acids is 2. The molecule has 3 N–H and O–H groups in total. The number of nitrogens with zero attached hydrogens (tertiary/aromatic N) is 2. The Bertz CT molecular complexity index is 1010. The van der Waals surface area contributed by atoms with Gasteiger partial charge in [0.05, 0.1) is 43.2 Å². The molecule has 4 rings (SSSR count). The number of allylic oxidation sites excluding steroid dienone is 4. The molecule has 0 saturated carbocycles. The third-order valence-electron chi connectivity index (χ3n) is 6.05. The lowest BCUT2D eigenvalue weighted by Gasteiger charge is -2.39.